The molecule has 2 aliphatic rings. The van der Waals surface area contributed by atoms with Crippen LogP contribution in [0.3, 0.4) is 0 Å². The van der Waals surface area contributed by atoms with Crippen LogP contribution in [0.4, 0.5) is 0 Å². The van der Waals surface area contributed by atoms with Gasteiger partial charge in [-0.1, -0.05) is 0 Å². The van der Waals surface area contributed by atoms with Crippen LogP contribution in [0.2, 0.25) is 0 Å². The van der Waals surface area contributed by atoms with Crippen molar-refractivity contribution in [3.8, 4) is 0 Å². The lowest BCUT2D eigenvalue weighted by Gasteiger charge is -2.31. The predicted molar refractivity (Wildman–Crippen MR) is 121 cm³/mol. The molecule has 204 valence electrons. The summed E-state index contributed by atoms with van der Waals surface area (Å²) in [7, 11) is 7.70. The predicted octanol–water partition coefficient (Wildman–Crippen LogP) is 1.08. The smallest absolute Gasteiger partial charge is 0.309 e. The maximum absolute atomic E-state index is 11.7. The van der Waals surface area contributed by atoms with Gasteiger partial charge in [-0.05, 0) is 38.5 Å². The van der Waals surface area contributed by atoms with E-state index in [-0.39, 0.29) is 36.6 Å². The van der Waals surface area contributed by atoms with Gasteiger partial charge in [0, 0.05) is 0 Å². The van der Waals surface area contributed by atoms with Gasteiger partial charge in [-0.25, -0.2) is 0 Å². The van der Waals surface area contributed by atoms with Gasteiger partial charge in [-0.15, -0.1) is 0 Å². The van der Waals surface area contributed by atoms with Crippen molar-refractivity contribution in [3.63, 3.8) is 0 Å². The molecule has 0 N–H and O–H groups in total. The van der Waals surface area contributed by atoms with Gasteiger partial charge in [-0.3, -0.25) is 28.8 Å². The number of carbonyl (C=O) groups excluding carboxylic acids is 6. The van der Waals surface area contributed by atoms with Crippen LogP contribution in [-0.4, -0.2) is 78.5 Å². The standard InChI is InChI=1S/2C12H18O6/c2*1-16-10(13)7-4-5-8(11(14)17-2)9(6-7)12(15)18-3/h2*7-9H,4-6H2,1-3H3. The first-order valence-corrected chi connectivity index (χ1v) is 11.6. The SMILES string of the molecule is COC(=O)C1CCC(C(=O)OC)C(C(=O)OC)C1.COC(=O)C1CCC(C(=O)OC)C(C(=O)OC)C1. The Bertz CT molecular complexity index is 741. The van der Waals surface area contributed by atoms with Crippen LogP contribution >= 0.6 is 0 Å². The van der Waals surface area contributed by atoms with E-state index in [1.54, 1.807) is 0 Å². The molecule has 2 fully saturated rings. The summed E-state index contributed by atoms with van der Waals surface area (Å²) in [4.78, 5) is 69.5. The van der Waals surface area contributed by atoms with Crippen molar-refractivity contribution in [2.24, 2.45) is 35.5 Å². The zero-order valence-electron chi connectivity index (χ0n) is 21.6. The fourth-order valence-electron chi connectivity index (χ4n) is 4.79. The Kier molecular flexibility index (Phi) is 12.9. The van der Waals surface area contributed by atoms with Crippen LogP contribution in [0.15, 0.2) is 0 Å². The highest BCUT2D eigenvalue weighted by atomic mass is 16.5. The first-order chi connectivity index (χ1) is 17.1. The topological polar surface area (TPSA) is 158 Å². The number of rotatable bonds is 6. The molecule has 0 aromatic carbocycles. The van der Waals surface area contributed by atoms with Gasteiger partial charge in [0.1, 0.15) is 0 Å². The molecule has 36 heavy (non-hydrogen) atoms. The van der Waals surface area contributed by atoms with Gasteiger partial charge >= 0.3 is 35.8 Å². The molecule has 0 saturated heterocycles. The number of ether oxygens (including phenoxy) is 6. The van der Waals surface area contributed by atoms with Crippen molar-refractivity contribution in [1.82, 2.24) is 0 Å². The third-order valence-electron chi connectivity index (χ3n) is 6.79. The normalized spacial score (nSPS) is 27.2. The van der Waals surface area contributed by atoms with Crippen molar-refractivity contribution in [2.45, 2.75) is 38.5 Å². The Balaban J connectivity index is 0.000000360. The average molecular weight is 517 g/mol. The fraction of sp³-hybridized carbons (Fsp3) is 0.750. The fourth-order valence-corrected chi connectivity index (χ4v) is 4.79. The molecule has 6 unspecified atom stereocenters. The zero-order chi connectivity index (χ0) is 27.4. The molecule has 2 saturated carbocycles. The number of methoxy groups -OCH3 is 6. The summed E-state index contributed by atoms with van der Waals surface area (Å²) in [5.41, 5.74) is 0. The molecule has 0 bridgehead atoms. The Labute approximate surface area is 210 Å². The van der Waals surface area contributed by atoms with Crippen molar-refractivity contribution in [2.75, 3.05) is 42.7 Å². The van der Waals surface area contributed by atoms with Gasteiger partial charge in [0.2, 0.25) is 0 Å². The highest BCUT2D eigenvalue weighted by Crippen LogP contribution is 2.37. The van der Waals surface area contributed by atoms with E-state index in [2.05, 4.69) is 28.4 Å². The third-order valence-corrected chi connectivity index (χ3v) is 6.79. The maximum atomic E-state index is 11.7. The molecule has 0 aliphatic heterocycles. The summed E-state index contributed by atoms with van der Waals surface area (Å²) in [6.45, 7) is 0. The molecule has 0 amide bonds. The molecule has 2 aliphatic carbocycles. The summed E-state index contributed by atoms with van der Waals surface area (Å²) >= 11 is 0. The van der Waals surface area contributed by atoms with E-state index in [0.717, 1.165) is 0 Å². The van der Waals surface area contributed by atoms with Crippen LogP contribution < -0.4 is 0 Å². The molecule has 0 aromatic heterocycles. The first kappa shape index (κ1) is 30.9. The van der Waals surface area contributed by atoms with E-state index < -0.39 is 47.5 Å². The third kappa shape index (κ3) is 7.92. The Morgan fingerprint density at radius 2 is 0.639 bits per heavy atom. The molecule has 12 nitrogen and oxygen atoms in total. The molecular formula is C24H36O12. The van der Waals surface area contributed by atoms with Crippen LogP contribution in [0.25, 0.3) is 0 Å². The van der Waals surface area contributed by atoms with E-state index in [4.69, 9.17) is 0 Å². The van der Waals surface area contributed by atoms with Gasteiger partial charge in [0.15, 0.2) is 0 Å². The van der Waals surface area contributed by atoms with Gasteiger partial charge in [0.05, 0.1) is 78.2 Å². The maximum Gasteiger partial charge on any atom is 0.309 e. The van der Waals surface area contributed by atoms with Gasteiger partial charge in [-0.2, -0.15) is 0 Å². The Morgan fingerprint density at radius 3 is 0.889 bits per heavy atom. The van der Waals surface area contributed by atoms with Crippen LogP contribution in [0, 0.1) is 35.5 Å². The highest BCUT2D eigenvalue weighted by molar-refractivity contribution is 5.84. The zero-order valence-corrected chi connectivity index (χ0v) is 21.6. The Morgan fingerprint density at radius 1 is 0.389 bits per heavy atom. The summed E-state index contributed by atoms with van der Waals surface area (Å²) < 4.78 is 28.0. The van der Waals surface area contributed by atoms with E-state index >= 15 is 0 Å². The van der Waals surface area contributed by atoms with Gasteiger partial charge in [0.25, 0.3) is 0 Å². The van der Waals surface area contributed by atoms with Crippen LogP contribution in [-0.2, 0) is 57.2 Å². The molecule has 0 spiro atoms. The molecule has 6 atom stereocenters. The second-order valence-corrected chi connectivity index (χ2v) is 8.58. The quantitative estimate of drug-likeness (QED) is 0.366. The minimum atomic E-state index is -0.639. The summed E-state index contributed by atoms with van der Waals surface area (Å²) in [6, 6.07) is 0. The number of hydrogen-bond acceptors (Lipinski definition) is 12. The Hall–Kier alpha value is -3.18. The van der Waals surface area contributed by atoms with Crippen molar-refractivity contribution in [3.05, 3.63) is 0 Å². The van der Waals surface area contributed by atoms with E-state index in [9.17, 15) is 28.8 Å². The highest BCUT2D eigenvalue weighted by Gasteiger charge is 2.44. The van der Waals surface area contributed by atoms with E-state index in [1.165, 1.54) is 42.7 Å². The monoisotopic (exact) mass is 516 g/mol. The molecular weight excluding hydrogens is 480 g/mol. The first-order valence-electron chi connectivity index (χ1n) is 11.6. The summed E-state index contributed by atoms with van der Waals surface area (Å²) in [5, 5.41) is 0. The minimum absolute atomic E-state index is 0.263. The molecule has 0 aromatic rings. The number of esters is 6. The van der Waals surface area contributed by atoms with Crippen LogP contribution in [0.5, 0.6) is 0 Å². The molecule has 0 radical (unpaired) electrons. The van der Waals surface area contributed by atoms with Crippen molar-refractivity contribution < 1.29 is 57.2 Å². The number of carbonyl (C=O) groups is 6. The van der Waals surface area contributed by atoms with E-state index in [0.29, 0.717) is 25.7 Å². The van der Waals surface area contributed by atoms with E-state index in [1.807, 2.05) is 0 Å². The average Bonchev–Trinajstić information content (AvgIpc) is 2.93. The summed E-state index contributed by atoms with van der Waals surface area (Å²) in [5.74, 6) is -5.63. The molecule has 0 heterocycles. The van der Waals surface area contributed by atoms with Gasteiger partial charge < -0.3 is 28.4 Å². The molecule has 2 rings (SSSR count). The lowest BCUT2D eigenvalue weighted by molar-refractivity contribution is -0.163. The second kappa shape index (κ2) is 15.0. The second-order valence-electron chi connectivity index (χ2n) is 8.58. The van der Waals surface area contributed by atoms with Crippen molar-refractivity contribution >= 4 is 35.8 Å². The summed E-state index contributed by atoms with van der Waals surface area (Å²) in [6.07, 6.45) is 2.40. The lowest BCUT2D eigenvalue weighted by atomic mass is 9.74. The minimum Gasteiger partial charge on any atom is -0.469 e. The van der Waals surface area contributed by atoms with Crippen LogP contribution in [0.1, 0.15) is 38.5 Å². The largest absolute Gasteiger partial charge is 0.469 e. The van der Waals surface area contributed by atoms with Crippen molar-refractivity contribution in [1.29, 1.82) is 0 Å². The lowest BCUT2D eigenvalue weighted by Crippen LogP contribution is -2.39. The molecule has 12 heteroatoms. The number of hydrogen-bond donors (Lipinski definition) is 0.